The van der Waals surface area contributed by atoms with Crippen molar-refractivity contribution in [2.75, 3.05) is 18.0 Å². The van der Waals surface area contributed by atoms with Crippen molar-refractivity contribution in [2.45, 2.75) is 31.4 Å². The summed E-state index contributed by atoms with van der Waals surface area (Å²) >= 11 is 0. The molecular formula is C14H18N2O2. The molecule has 0 spiro atoms. The van der Waals surface area contributed by atoms with Gasteiger partial charge in [0, 0.05) is 24.7 Å². The fourth-order valence-electron chi connectivity index (χ4n) is 2.92. The molecule has 96 valence electrons. The number of benzene rings is 1. The number of rotatable bonds is 1. The Morgan fingerprint density at radius 1 is 1.44 bits per heavy atom. The molecule has 3 rings (SSSR count). The van der Waals surface area contributed by atoms with Gasteiger partial charge in [-0.05, 0) is 18.1 Å². The maximum atomic E-state index is 12.5. The number of hydrogen-bond donors (Lipinski definition) is 2. The monoisotopic (exact) mass is 246 g/mol. The van der Waals surface area contributed by atoms with E-state index in [0.717, 1.165) is 12.2 Å². The normalized spacial score (nSPS) is 30.6. The van der Waals surface area contributed by atoms with E-state index in [1.165, 1.54) is 5.56 Å². The molecule has 0 bridgehead atoms. The zero-order chi connectivity index (χ0) is 12.7. The molecule has 1 aromatic carbocycles. The van der Waals surface area contributed by atoms with E-state index in [-0.39, 0.29) is 11.9 Å². The summed E-state index contributed by atoms with van der Waals surface area (Å²) in [4.78, 5) is 14.3. The van der Waals surface area contributed by atoms with Crippen LogP contribution in [0.15, 0.2) is 24.3 Å². The van der Waals surface area contributed by atoms with Gasteiger partial charge in [0.05, 0.1) is 12.1 Å². The molecule has 1 amide bonds. The summed E-state index contributed by atoms with van der Waals surface area (Å²) in [7, 11) is 0. The summed E-state index contributed by atoms with van der Waals surface area (Å²) in [6, 6.07) is 7.83. The fourth-order valence-corrected chi connectivity index (χ4v) is 2.92. The lowest BCUT2D eigenvalue weighted by molar-refractivity contribution is -0.120. The van der Waals surface area contributed by atoms with Gasteiger partial charge in [-0.15, -0.1) is 0 Å². The number of amides is 1. The largest absolute Gasteiger partial charge is 0.392 e. The van der Waals surface area contributed by atoms with Gasteiger partial charge in [-0.25, -0.2) is 0 Å². The average molecular weight is 246 g/mol. The van der Waals surface area contributed by atoms with Gasteiger partial charge >= 0.3 is 0 Å². The van der Waals surface area contributed by atoms with Gasteiger partial charge in [0.1, 0.15) is 0 Å². The van der Waals surface area contributed by atoms with E-state index in [1.807, 2.05) is 23.1 Å². The lowest BCUT2D eigenvalue weighted by Crippen LogP contribution is -2.43. The zero-order valence-corrected chi connectivity index (χ0v) is 10.5. The number of nitrogens with one attached hydrogen (secondary N) is 1. The molecule has 0 aromatic heterocycles. The third-order valence-electron chi connectivity index (χ3n) is 3.89. The van der Waals surface area contributed by atoms with Crippen molar-refractivity contribution in [1.82, 2.24) is 5.32 Å². The molecule has 1 fully saturated rings. The van der Waals surface area contributed by atoms with Crippen LogP contribution < -0.4 is 10.2 Å². The van der Waals surface area contributed by atoms with Gasteiger partial charge in [0.15, 0.2) is 0 Å². The van der Waals surface area contributed by atoms with E-state index in [4.69, 9.17) is 0 Å². The Morgan fingerprint density at radius 3 is 2.94 bits per heavy atom. The summed E-state index contributed by atoms with van der Waals surface area (Å²) in [5.41, 5.74) is 2.27. The van der Waals surface area contributed by atoms with E-state index in [0.29, 0.717) is 18.9 Å². The second-order valence-electron chi connectivity index (χ2n) is 5.26. The first-order chi connectivity index (χ1) is 8.66. The second-order valence-corrected chi connectivity index (χ2v) is 5.26. The Balaban J connectivity index is 1.84. The van der Waals surface area contributed by atoms with Crippen LogP contribution in [-0.2, 0) is 4.79 Å². The minimum absolute atomic E-state index is 0.0864. The average Bonchev–Trinajstić information content (AvgIpc) is 2.94. The quantitative estimate of drug-likeness (QED) is 0.772. The first-order valence-corrected chi connectivity index (χ1v) is 6.48. The van der Waals surface area contributed by atoms with Crippen LogP contribution in [0.25, 0.3) is 0 Å². The van der Waals surface area contributed by atoms with Crippen LogP contribution in [0.1, 0.15) is 24.8 Å². The minimum Gasteiger partial charge on any atom is -0.392 e. The first kappa shape index (κ1) is 11.7. The van der Waals surface area contributed by atoms with Crippen LogP contribution in [0.5, 0.6) is 0 Å². The summed E-state index contributed by atoms with van der Waals surface area (Å²) < 4.78 is 0. The van der Waals surface area contributed by atoms with Gasteiger partial charge in [-0.2, -0.15) is 0 Å². The van der Waals surface area contributed by atoms with Crippen LogP contribution in [-0.4, -0.2) is 36.2 Å². The topological polar surface area (TPSA) is 52.6 Å². The van der Waals surface area contributed by atoms with Crippen molar-refractivity contribution in [3.05, 3.63) is 29.8 Å². The number of β-amino-alcohol motifs (C(OH)–C–C–N with tert-alkyl or cyclic N) is 1. The van der Waals surface area contributed by atoms with Crippen molar-refractivity contribution < 1.29 is 9.90 Å². The number of hydrogen-bond acceptors (Lipinski definition) is 3. The van der Waals surface area contributed by atoms with E-state index < -0.39 is 6.10 Å². The molecule has 3 atom stereocenters. The summed E-state index contributed by atoms with van der Waals surface area (Å²) in [6.45, 7) is 3.40. The number of carbonyl (C=O) groups is 1. The highest BCUT2D eigenvalue weighted by atomic mass is 16.3. The minimum atomic E-state index is -0.394. The molecule has 1 aromatic rings. The van der Waals surface area contributed by atoms with Gasteiger partial charge < -0.3 is 15.3 Å². The molecule has 3 unspecified atom stereocenters. The number of para-hydroxylation sites is 1. The van der Waals surface area contributed by atoms with Gasteiger partial charge in [0.25, 0.3) is 0 Å². The summed E-state index contributed by atoms with van der Waals surface area (Å²) in [6.07, 6.45) is 0.125. The standard InChI is InChI=1S/C14H18N2O2/c1-9-8-16(13-5-3-2-4-11(9)13)14(18)12-6-10(17)7-15-12/h2-5,9-10,12,15,17H,6-8H2,1H3. The van der Waals surface area contributed by atoms with Gasteiger partial charge in [0.2, 0.25) is 5.91 Å². The number of aliphatic hydroxyl groups is 1. The van der Waals surface area contributed by atoms with E-state index >= 15 is 0 Å². The van der Waals surface area contributed by atoms with Gasteiger partial charge in [-0.3, -0.25) is 4.79 Å². The molecule has 18 heavy (non-hydrogen) atoms. The van der Waals surface area contributed by atoms with Crippen molar-refractivity contribution in [1.29, 1.82) is 0 Å². The molecule has 2 aliphatic heterocycles. The smallest absolute Gasteiger partial charge is 0.244 e. The molecule has 0 saturated carbocycles. The Labute approximate surface area is 107 Å². The predicted molar refractivity (Wildman–Crippen MR) is 69.6 cm³/mol. The highest BCUT2D eigenvalue weighted by Gasteiger charge is 2.36. The lowest BCUT2D eigenvalue weighted by Gasteiger charge is -2.21. The molecule has 4 heteroatoms. The number of fused-ring (bicyclic) bond motifs is 1. The highest BCUT2D eigenvalue weighted by molar-refractivity contribution is 5.99. The highest BCUT2D eigenvalue weighted by Crippen LogP contribution is 2.36. The third kappa shape index (κ3) is 1.82. The van der Waals surface area contributed by atoms with E-state index in [9.17, 15) is 9.90 Å². The maximum absolute atomic E-state index is 12.5. The number of carbonyl (C=O) groups excluding carboxylic acids is 1. The summed E-state index contributed by atoms with van der Waals surface area (Å²) in [5, 5.41) is 12.6. The van der Waals surface area contributed by atoms with Crippen molar-refractivity contribution in [3.63, 3.8) is 0 Å². The zero-order valence-electron chi connectivity index (χ0n) is 10.5. The number of nitrogens with zero attached hydrogens (tertiary/aromatic N) is 1. The Morgan fingerprint density at radius 2 is 2.22 bits per heavy atom. The van der Waals surface area contributed by atoms with Crippen molar-refractivity contribution in [3.8, 4) is 0 Å². The Bertz CT molecular complexity index is 475. The summed E-state index contributed by atoms with van der Waals surface area (Å²) in [5.74, 6) is 0.472. The molecule has 1 saturated heterocycles. The van der Waals surface area contributed by atoms with Crippen LogP contribution >= 0.6 is 0 Å². The molecule has 2 aliphatic rings. The van der Waals surface area contributed by atoms with Crippen molar-refractivity contribution >= 4 is 11.6 Å². The molecule has 2 heterocycles. The first-order valence-electron chi connectivity index (χ1n) is 6.48. The molecule has 0 radical (unpaired) electrons. The van der Waals surface area contributed by atoms with Crippen LogP contribution in [0.2, 0.25) is 0 Å². The van der Waals surface area contributed by atoms with E-state index in [1.54, 1.807) is 0 Å². The van der Waals surface area contributed by atoms with E-state index in [2.05, 4.69) is 18.3 Å². The van der Waals surface area contributed by atoms with Crippen molar-refractivity contribution in [2.24, 2.45) is 0 Å². The maximum Gasteiger partial charge on any atom is 0.244 e. The molecular weight excluding hydrogens is 228 g/mol. The third-order valence-corrected chi connectivity index (χ3v) is 3.89. The second kappa shape index (κ2) is 4.37. The number of anilines is 1. The Hall–Kier alpha value is -1.39. The fraction of sp³-hybridized carbons (Fsp3) is 0.500. The Kier molecular flexibility index (Phi) is 2.84. The van der Waals surface area contributed by atoms with Crippen LogP contribution in [0.3, 0.4) is 0 Å². The van der Waals surface area contributed by atoms with Gasteiger partial charge in [-0.1, -0.05) is 25.1 Å². The number of aliphatic hydroxyl groups excluding tert-OH is 1. The predicted octanol–water partition coefficient (Wildman–Crippen LogP) is 0.859. The lowest BCUT2D eigenvalue weighted by atomic mass is 10.0. The molecule has 4 nitrogen and oxygen atoms in total. The van der Waals surface area contributed by atoms with Crippen LogP contribution in [0.4, 0.5) is 5.69 Å². The van der Waals surface area contributed by atoms with Crippen LogP contribution in [0, 0.1) is 0 Å². The SMILES string of the molecule is CC1CN(C(=O)C2CC(O)CN2)c2ccccc21. The molecule has 0 aliphatic carbocycles. The molecule has 2 N–H and O–H groups in total.